The van der Waals surface area contributed by atoms with Crippen molar-refractivity contribution in [3.8, 4) is 0 Å². The molecule has 0 amide bonds. The first-order valence-corrected chi connectivity index (χ1v) is 5.29. The Morgan fingerprint density at radius 1 is 1.31 bits per heavy atom. The van der Waals surface area contributed by atoms with E-state index in [2.05, 4.69) is 4.72 Å². The SMILES string of the molecule is CC([NH])NS(=O)(=O)c1ccccc1. The van der Waals surface area contributed by atoms with Gasteiger partial charge in [-0.1, -0.05) is 18.2 Å². The molecule has 5 heteroatoms. The highest BCUT2D eigenvalue weighted by molar-refractivity contribution is 7.89. The van der Waals surface area contributed by atoms with E-state index in [1.54, 1.807) is 18.2 Å². The first-order chi connectivity index (χ1) is 6.02. The molecule has 0 aliphatic heterocycles. The molecular weight excluding hydrogens is 188 g/mol. The van der Waals surface area contributed by atoms with Crippen molar-refractivity contribution >= 4 is 10.0 Å². The average molecular weight is 199 g/mol. The van der Waals surface area contributed by atoms with E-state index in [4.69, 9.17) is 5.73 Å². The Bertz CT molecular complexity index is 359. The largest absolute Gasteiger partial charge is 0.241 e. The van der Waals surface area contributed by atoms with E-state index in [1.807, 2.05) is 0 Å². The average Bonchev–Trinajstić information content (AvgIpc) is 2.04. The second kappa shape index (κ2) is 3.87. The van der Waals surface area contributed by atoms with Gasteiger partial charge in [0.2, 0.25) is 10.0 Å². The molecule has 1 unspecified atom stereocenters. The highest BCUT2D eigenvalue weighted by atomic mass is 32.2. The fraction of sp³-hybridized carbons (Fsp3) is 0.250. The maximum absolute atomic E-state index is 11.4. The summed E-state index contributed by atoms with van der Waals surface area (Å²) in [6.45, 7) is 1.46. The van der Waals surface area contributed by atoms with E-state index in [0.29, 0.717) is 0 Å². The van der Waals surface area contributed by atoms with Crippen LogP contribution in [0.15, 0.2) is 35.2 Å². The van der Waals surface area contributed by atoms with E-state index in [1.165, 1.54) is 19.1 Å². The van der Waals surface area contributed by atoms with Gasteiger partial charge in [0.1, 0.15) is 0 Å². The highest BCUT2D eigenvalue weighted by Crippen LogP contribution is 2.06. The van der Waals surface area contributed by atoms with Gasteiger partial charge in [-0.25, -0.2) is 14.2 Å². The molecule has 2 N–H and O–H groups in total. The normalized spacial score (nSPS) is 14.0. The van der Waals surface area contributed by atoms with E-state index >= 15 is 0 Å². The summed E-state index contributed by atoms with van der Waals surface area (Å²) < 4.78 is 25.0. The third kappa shape index (κ3) is 2.80. The van der Waals surface area contributed by atoms with Crippen LogP contribution in [-0.4, -0.2) is 14.6 Å². The third-order valence-corrected chi connectivity index (χ3v) is 2.94. The summed E-state index contributed by atoms with van der Waals surface area (Å²) >= 11 is 0. The van der Waals surface area contributed by atoms with Crippen molar-refractivity contribution in [2.45, 2.75) is 18.0 Å². The minimum atomic E-state index is -3.50. The second-order valence-electron chi connectivity index (χ2n) is 2.66. The molecule has 0 saturated heterocycles. The zero-order valence-corrected chi connectivity index (χ0v) is 8.01. The fourth-order valence-electron chi connectivity index (χ4n) is 0.900. The summed E-state index contributed by atoms with van der Waals surface area (Å²) in [6.07, 6.45) is -0.829. The van der Waals surface area contributed by atoms with E-state index in [9.17, 15) is 8.42 Å². The van der Waals surface area contributed by atoms with Crippen molar-refractivity contribution in [1.82, 2.24) is 10.5 Å². The molecule has 0 spiro atoms. The van der Waals surface area contributed by atoms with Crippen LogP contribution in [0.2, 0.25) is 0 Å². The number of hydrogen-bond acceptors (Lipinski definition) is 2. The topological polar surface area (TPSA) is 70.0 Å². The summed E-state index contributed by atoms with van der Waals surface area (Å²) in [5, 5.41) is 0. The molecule has 0 aliphatic carbocycles. The van der Waals surface area contributed by atoms with Crippen LogP contribution in [-0.2, 0) is 10.0 Å². The second-order valence-corrected chi connectivity index (χ2v) is 4.37. The van der Waals surface area contributed by atoms with Crippen molar-refractivity contribution in [1.29, 1.82) is 0 Å². The summed E-state index contributed by atoms with van der Waals surface area (Å²) in [7, 11) is -3.50. The van der Waals surface area contributed by atoms with Gasteiger partial charge in [0.25, 0.3) is 0 Å². The number of benzene rings is 1. The predicted molar refractivity (Wildman–Crippen MR) is 49.3 cm³/mol. The van der Waals surface area contributed by atoms with Crippen LogP contribution in [0.5, 0.6) is 0 Å². The Balaban J connectivity index is 2.96. The van der Waals surface area contributed by atoms with E-state index in [0.717, 1.165) is 0 Å². The Hall–Kier alpha value is -0.910. The zero-order valence-electron chi connectivity index (χ0n) is 7.19. The summed E-state index contributed by atoms with van der Waals surface area (Å²) in [5.41, 5.74) is 7.09. The lowest BCUT2D eigenvalue weighted by Crippen LogP contribution is -2.33. The molecule has 0 bridgehead atoms. The van der Waals surface area contributed by atoms with Gasteiger partial charge in [-0.15, -0.1) is 0 Å². The lowest BCUT2D eigenvalue weighted by molar-refractivity contribution is 0.562. The maximum Gasteiger partial charge on any atom is 0.241 e. The molecule has 4 nitrogen and oxygen atoms in total. The predicted octanol–water partition coefficient (Wildman–Crippen LogP) is 0.594. The quantitative estimate of drug-likeness (QED) is 0.774. The van der Waals surface area contributed by atoms with Crippen molar-refractivity contribution < 1.29 is 8.42 Å². The third-order valence-electron chi connectivity index (χ3n) is 1.39. The minimum Gasteiger partial charge on any atom is -0.239 e. The Morgan fingerprint density at radius 3 is 2.31 bits per heavy atom. The molecular formula is C8H11N2O2S. The first-order valence-electron chi connectivity index (χ1n) is 3.81. The molecule has 1 rings (SSSR count). The van der Waals surface area contributed by atoms with Crippen LogP contribution in [0.1, 0.15) is 6.92 Å². The van der Waals surface area contributed by atoms with Gasteiger partial charge in [0.05, 0.1) is 11.1 Å². The van der Waals surface area contributed by atoms with Crippen LogP contribution in [0.4, 0.5) is 0 Å². The summed E-state index contributed by atoms with van der Waals surface area (Å²) in [6, 6.07) is 8.00. The van der Waals surface area contributed by atoms with Gasteiger partial charge < -0.3 is 0 Å². The smallest absolute Gasteiger partial charge is 0.239 e. The number of hydrogen-bond donors (Lipinski definition) is 1. The molecule has 0 aromatic heterocycles. The van der Waals surface area contributed by atoms with Crippen LogP contribution in [0.3, 0.4) is 0 Å². The molecule has 0 heterocycles. The summed E-state index contributed by atoms with van der Waals surface area (Å²) in [4.78, 5) is 0.189. The lowest BCUT2D eigenvalue weighted by atomic mass is 10.4. The monoisotopic (exact) mass is 199 g/mol. The molecule has 13 heavy (non-hydrogen) atoms. The molecule has 0 saturated carbocycles. The highest BCUT2D eigenvalue weighted by Gasteiger charge is 2.14. The summed E-state index contributed by atoms with van der Waals surface area (Å²) in [5.74, 6) is 0. The standard InChI is InChI=1S/C8H11N2O2S/c1-7(9)10-13(11,12)8-5-3-2-4-6-8/h2-7,9-10H,1H3. The van der Waals surface area contributed by atoms with Crippen LogP contribution < -0.4 is 10.5 Å². The van der Waals surface area contributed by atoms with Gasteiger partial charge in [-0.3, -0.25) is 0 Å². The van der Waals surface area contributed by atoms with Crippen molar-refractivity contribution in [2.24, 2.45) is 0 Å². The molecule has 0 aliphatic rings. The Morgan fingerprint density at radius 2 is 1.85 bits per heavy atom. The number of rotatable bonds is 3. The van der Waals surface area contributed by atoms with Crippen LogP contribution in [0, 0.1) is 0 Å². The van der Waals surface area contributed by atoms with Gasteiger partial charge in [-0.2, -0.15) is 4.72 Å². The number of sulfonamides is 1. The first kappa shape index (κ1) is 10.2. The molecule has 1 aromatic rings. The van der Waals surface area contributed by atoms with E-state index in [-0.39, 0.29) is 4.90 Å². The molecule has 0 fully saturated rings. The van der Waals surface area contributed by atoms with Gasteiger partial charge in [0.15, 0.2) is 0 Å². The molecule has 71 valence electrons. The van der Waals surface area contributed by atoms with Gasteiger partial charge in [-0.05, 0) is 19.1 Å². The van der Waals surface area contributed by atoms with Crippen molar-refractivity contribution in [2.75, 3.05) is 0 Å². The molecule has 1 aromatic carbocycles. The van der Waals surface area contributed by atoms with Gasteiger partial charge in [0, 0.05) is 0 Å². The van der Waals surface area contributed by atoms with Crippen LogP contribution in [0.25, 0.3) is 0 Å². The van der Waals surface area contributed by atoms with Gasteiger partial charge >= 0.3 is 0 Å². The Kier molecular flexibility index (Phi) is 3.02. The maximum atomic E-state index is 11.4. The number of nitrogens with one attached hydrogen (secondary N) is 2. The lowest BCUT2D eigenvalue weighted by Gasteiger charge is -2.07. The fourth-order valence-corrected chi connectivity index (χ4v) is 2.02. The Labute approximate surface area is 77.8 Å². The molecule has 1 radical (unpaired) electrons. The van der Waals surface area contributed by atoms with E-state index < -0.39 is 16.2 Å². The van der Waals surface area contributed by atoms with Crippen LogP contribution >= 0.6 is 0 Å². The zero-order chi connectivity index (χ0) is 9.90. The minimum absolute atomic E-state index is 0.189. The van der Waals surface area contributed by atoms with Crippen molar-refractivity contribution in [3.63, 3.8) is 0 Å². The van der Waals surface area contributed by atoms with Crippen molar-refractivity contribution in [3.05, 3.63) is 30.3 Å². The molecule has 1 atom stereocenters.